The van der Waals surface area contributed by atoms with Gasteiger partial charge in [-0.1, -0.05) is 92.5 Å². The highest BCUT2D eigenvalue weighted by molar-refractivity contribution is 8.01. The lowest BCUT2D eigenvalue weighted by Gasteiger charge is -2.35. The molecule has 6 aromatic rings. The Morgan fingerprint density at radius 2 is 0.568 bits per heavy atom. The molecule has 0 bridgehead atoms. The summed E-state index contributed by atoms with van der Waals surface area (Å²) in [7, 11) is 6.67. The predicted octanol–water partition coefficient (Wildman–Crippen LogP) is 15.1. The van der Waals surface area contributed by atoms with Crippen LogP contribution in [0.15, 0.2) is 171 Å². The SMILES string of the molecule is CCSc1ccc2c(c1)N(CCCN1CCN(C)CC1)c1ccccc1S2.CCSc1ccc2c(c1)N(CCCN1CCN(C)CC1)c1ccccc1S2.CCSc1ccc2c(c1)N(CCCN1CCN(C)CC1)c1ccccc1S2. The van der Waals surface area contributed by atoms with Gasteiger partial charge in [0.2, 0.25) is 0 Å². The molecule has 0 amide bonds. The fourth-order valence-electron chi connectivity index (χ4n) is 11.5. The van der Waals surface area contributed by atoms with Gasteiger partial charge in [0.15, 0.2) is 0 Å². The maximum absolute atomic E-state index is 2.62. The molecule has 6 aromatic carbocycles. The number of likely N-dealkylation sites (N-methyl/N-ethyl adjacent to an activating group) is 3. The zero-order valence-corrected chi connectivity index (χ0v) is 54.0. The Bertz CT molecular complexity index is 2630. The monoisotopic (exact) mass is 1200 g/mol. The first-order chi connectivity index (χ1) is 39.7. The van der Waals surface area contributed by atoms with Crippen LogP contribution in [0.5, 0.6) is 0 Å². The van der Waals surface area contributed by atoms with Crippen LogP contribution in [0.2, 0.25) is 0 Å². The minimum atomic E-state index is 1.08. The molecule has 432 valence electrons. The summed E-state index contributed by atoms with van der Waals surface area (Å²) < 4.78 is 0. The van der Waals surface area contributed by atoms with Gasteiger partial charge in [-0.05, 0) is 168 Å². The van der Waals surface area contributed by atoms with Crippen molar-refractivity contribution in [2.75, 3.05) is 171 Å². The van der Waals surface area contributed by atoms with Crippen LogP contribution in [0.4, 0.5) is 34.1 Å². The van der Waals surface area contributed by atoms with Crippen LogP contribution in [0.25, 0.3) is 0 Å². The fraction of sp³-hybridized carbons (Fsp3) is 0.455. The zero-order valence-electron chi connectivity index (χ0n) is 49.1. The Morgan fingerprint density at radius 1 is 0.309 bits per heavy atom. The number of para-hydroxylation sites is 3. The summed E-state index contributed by atoms with van der Waals surface area (Å²) in [5, 5.41) is 0. The van der Waals surface area contributed by atoms with Crippen LogP contribution in [0.3, 0.4) is 0 Å². The van der Waals surface area contributed by atoms with E-state index in [2.05, 4.69) is 213 Å². The van der Waals surface area contributed by atoms with Crippen molar-refractivity contribution in [2.24, 2.45) is 0 Å². The molecule has 6 aliphatic rings. The molecule has 0 aromatic heterocycles. The van der Waals surface area contributed by atoms with Gasteiger partial charge in [0.1, 0.15) is 0 Å². The van der Waals surface area contributed by atoms with Gasteiger partial charge in [-0.2, -0.15) is 0 Å². The molecule has 0 spiro atoms. The summed E-state index contributed by atoms with van der Waals surface area (Å²) in [4.78, 5) is 35.2. The van der Waals surface area contributed by atoms with Gasteiger partial charge in [0.25, 0.3) is 0 Å². The van der Waals surface area contributed by atoms with Crippen LogP contribution in [0.1, 0.15) is 40.0 Å². The summed E-state index contributed by atoms with van der Waals surface area (Å²) in [6, 6.07) is 47.5. The van der Waals surface area contributed by atoms with E-state index in [9.17, 15) is 0 Å². The minimum absolute atomic E-state index is 1.08. The van der Waals surface area contributed by atoms with Gasteiger partial charge >= 0.3 is 0 Å². The molecular weight excluding hydrogens is 1110 g/mol. The maximum Gasteiger partial charge on any atom is 0.0564 e. The molecule has 15 heteroatoms. The second-order valence-corrected chi connectivity index (χ2v) is 29.1. The van der Waals surface area contributed by atoms with Crippen molar-refractivity contribution in [2.45, 2.75) is 84.1 Å². The van der Waals surface area contributed by atoms with E-state index >= 15 is 0 Å². The summed E-state index contributed by atoms with van der Waals surface area (Å²) in [5.41, 5.74) is 8.26. The average molecular weight is 1200 g/mol. The second-order valence-electron chi connectivity index (χ2n) is 21.8. The van der Waals surface area contributed by atoms with Crippen LogP contribution < -0.4 is 14.7 Å². The van der Waals surface area contributed by atoms with E-state index in [-0.39, 0.29) is 0 Å². The van der Waals surface area contributed by atoms with Gasteiger partial charge in [0, 0.05) is 142 Å². The van der Waals surface area contributed by atoms with E-state index in [1.807, 2.05) is 70.6 Å². The van der Waals surface area contributed by atoms with Crippen molar-refractivity contribution in [3.63, 3.8) is 0 Å². The first-order valence-electron chi connectivity index (χ1n) is 29.9. The quantitative estimate of drug-likeness (QED) is 0.0765. The molecule has 0 radical (unpaired) electrons. The van der Waals surface area contributed by atoms with E-state index < -0.39 is 0 Å². The summed E-state index contributed by atoms with van der Waals surface area (Å²) >= 11 is 11.5. The van der Waals surface area contributed by atoms with Crippen LogP contribution in [-0.2, 0) is 0 Å². The average Bonchev–Trinajstić information content (AvgIpc) is 3.64. The number of rotatable bonds is 18. The third-order valence-electron chi connectivity index (χ3n) is 16.1. The number of hydrogen-bond acceptors (Lipinski definition) is 15. The van der Waals surface area contributed by atoms with Crippen molar-refractivity contribution in [1.29, 1.82) is 0 Å². The number of nitrogens with zero attached hydrogens (tertiary/aromatic N) is 9. The van der Waals surface area contributed by atoms with Crippen LogP contribution in [0, 0.1) is 0 Å². The molecule has 81 heavy (non-hydrogen) atoms. The van der Waals surface area contributed by atoms with Crippen molar-refractivity contribution in [1.82, 2.24) is 29.4 Å². The molecule has 0 aliphatic carbocycles. The largest absolute Gasteiger partial charge is 0.340 e. The molecule has 3 fully saturated rings. The number of anilines is 6. The van der Waals surface area contributed by atoms with E-state index in [0.717, 1.165) is 36.9 Å². The highest BCUT2D eigenvalue weighted by Gasteiger charge is 2.27. The van der Waals surface area contributed by atoms with E-state index in [4.69, 9.17) is 0 Å². The molecule has 3 saturated heterocycles. The van der Waals surface area contributed by atoms with Gasteiger partial charge in [-0.3, -0.25) is 0 Å². The molecule has 0 saturated carbocycles. The Labute approximate surface area is 512 Å². The lowest BCUT2D eigenvalue weighted by Crippen LogP contribution is -2.45. The summed E-state index contributed by atoms with van der Waals surface area (Å²) in [5.74, 6) is 3.35. The lowest BCUT2D eigenvalue weighted by atomic mass is 10.2. The Balaban J connectivity index is 0.000000136. The van der Waals surface area contributed by atoms with Crippen molar-refractivity contribution in [3.8, 4) is 0 Å². The summed E-state index contributed by atoms with van der Waals surface area (Å²) in [6.07, 6.45) is 3.61. The Hall–Kier alpha value is -3.42. The highest BCUT2D eigenvalue weighted by Crippen LogP contribution is 2.52. The molecule has 9 nitrogen and oxygen atoms in total. The van der Waals surface area contributed by atoms with Crippen molar-refractivity contribution >= 4 is 105 Å². The van der Waals surface area contributed by atoms with Crippen molar-refractivity contribution in [3.05, 3.63) is 127 Å². The van der Waals surface area contributed by atoms with Gasteiger partial charge in [-0.15, -0.1) is 35.3 Å². The lowest BCUT2D eigenvalue weighted by molar-refractivity contribution is 0.153. The topological polar surface area (TPSA) is 29.2 Å². The highest BCUT2D eigenvalue weighted by atomic mass is 32.2. The third kappa shape index (κ3) is 16.3. The van der Waals surface area contributed by atoms with Crippen molar-refractivity contribution < 1.29 is 0 Å². The van der Waals surface area contributed by atoms with Gasteiger partial charge in [0.05, 0.1) is 34.1 Å². The Kier molecular flexibility index (Phi) is 22.9. The molecular formula is C66H87N9S6. The molecule has 6 aliphatic heterocycles. The second kappa shape index (κ2) is 30.6. The number of thioether (sulfide) groups is 3. The molecule has 6 heterocycles. The number of hydrogen-bond donors (Lipinski definition) is 0. The normalized spacial score (nSPS) is 17.6. The predicted molar refractivity (Wildman–Crippen MR) is 357 cm³/mol. The van der Waals surface area contributed by atoms with Gasteiger partial charge in [-0.25, -0.2) is 0 Å². The fourth-order valence-corrected chi connectivity index (χ4v) is 16.8. The van der Waals surface area contributed by atoms with Gasteiger partial charge < -0.3 is 44.1 Å². The number of benzene rings is 6. The van der Waals surface area contributed by atoms with Crippen LogP contribution >= 0.6 is 70.6 Å². The minimum Gasteiger partial charge on any atom is -0.340 e. The van der Waals surface area contributed by atoms with E-state index in [0.29, 0.717) is 0 Å². The van der Waals surface area contributed by atoms with E-state index in [1.165, 1.54) is 196 Å². The molecule has 0 N–H and O–H groups in total. The molecule has 12 rings (SSSR count). The summed E-state index contributed by atoms with van der Waals surface area (Å²) in [6.45, 7) is 27.9. The molecule has 0 unspecified atom stereocenters. The first-order valence-corrected chi connectivity index (χ1v) is 35.3. The van der Waals surface area contributed by atoms with E-state index in [1.54, 1.807) is 0 Å². The Morgan fingerprint density at radius 3 is 0.840 bits per heavy atom. The number of fused-ring (bicyclic) bond motifs is 6. The first kappa shape index (κ1) is 60.7. The molecule has 0 atom stereocenters. The standard InChI is InChI=1S/3C22H29N3S2/c3*1-3-26-18-9-10-22-20(17-18)25(19-7-4-5-8-21(19)27-22)12-6-11-24-15-13-23(2)14-16-24/h3*4-5,7-10,17H,3,6,11-16H2,1-2H3. The third-order valence-corrected chi connectivity index (χ3v) is 22.1. The number of piperazine rings is 3. The zero-order chi connectivity index (χ0) is 55.9. The maximum atomic E-state index is 2.62. The smallest absolute Gasteiger partial charge is 0.0564 e. The van der Waals surface area contributed by atoms with Crippen LogP contribution in [-0.4, -0.2) is 186 Å².